The lowest BCUT2D eigenvalue weighted by molar-refractivity contribution is 0.585. The molecule has 1 atom stereocenters. The van der Waals surface area contributed by atoms with Gasteiger partial charge in [0.15, 0.2) is 0 Å². The second-order valence-corrected chi connectivity index (χ2v) is 3.57. The molecule has 0 aliphatic rings. The van der Waals surface area contributed by atoms with E-state index >= 15 is 0 Å². The van der Waals surface area contributed by atoms with Crippen LogP contribution in [-0.2, 0) is 11.4 Å². The second-order valence-electron chi connectivity index (χ2n) is 2.37. The third-order valence-corrected chi connectivity index (χ3v) is 2.32. The number of nitrogens with zero attached hydrogens (tertiary/aromatic N) is 3. The maximum absolute atomic E-state index is 11.1. The van der Waals surface area contributed by atoms with Crippen LogP contribution in [0.2, 0.25) is 0 Å². The highest BCUT2D eigenvalue weighted by molar-refractivity contribution is 7.89. The van der Waals surface area contributed by atoms with Crippen LogP contribution in [0.1, 0.15) is 0 Å². The molecule has 0 N–H and O–H groups in total. The van der Waals surface area contributed by atoms with Gasteiger partial charge in [0.25, 0.3) is 0 Å². The topological polar surface area (TPSA) is 53.8 Å². The number of aromatic nitrogens is 3. The van der Waals surface area contributed by atoms with Gasteiger partial charge >= 0.3 is 0 Å². The van der Waals surface area contributed by atoms with E-state index in [0.717, 1.165) is 11.0 Å². The first-order valence-corrected chi connectivity index (χ1v) is 4.95. The molecule has 0 fully saturated rings. The van der Waals surface area contributed by atoms with Crippen molar-refractivity contribution in [3.05, 3.63) is 24.3 Å². The molecular formula is C7H7N3OS. The standard InChI is InChI=1S/C7H7N3OS/c1-12(11)10-7-5-3-2-4-6(7)8-9-10/h2-5H,1H3. The highest BCUT2D eigenvalue weighted by Gasteiger charge is 2.09. The zero-order valence-electron chi connectivity index (χ0n) is 6.47. The molecule has 12 heavy (non-hydrogen) atoms. The molecule has 0 aliphatic heterocycles. The third-order valence-electron chi connectivity index (χ3n) is 1.57. The van der Waals surface area contributed by atoms with E-state index in [1.54, 1.807) is 6.26 Å². The lowest BCUT2D eigenvalue weighted by Gasteiger charge is -2.01. The van der Waals surface area contributed by atoms with Crippen LogP contribution in [0.4, 0.5) is 0 Å². The van der Waals surface area contributed by atoms with Crippen LogP contribution in [0, 0.1) is 0 Å². The summed E-state index contributed by atoms with van der Waals surface area (Å²) in [4.78, 5) is 0. The summed E-state index contributed by atoms with van der Waals surface area (Å²) in [6.45, 7) is 0. The number of hydrogen-bond donors (Lipinski definition) is 0. The summed E-state index contributed by atoms with van der Waals surface area (Å²) in [5.41, 5.74) is 1.58. The molecule has 2 rings (SSSR count). The van der Waals surface area contributed by atoms with Gasteiger partial charge in [-0.25, -0.2) is 0 Å². The lowest BCUT2D eigenvalue weighted by atomic mass is 10.3. The molecular weight excluding hydrogens is 174 g/mol. The average molecular weight is 181 g/mol. The summed E-state index contributed by atoms with van der Waals surface area (Å²) >= 11 is -1.13. The Kier molecular flexibility index (Phi) is 1.74. The van der Waals surface area contributed by atoms with Gasteiger partial charge in [0.05, 0.1) is 11.4 Å². The highest BCUT2D eigenvalue weighted by Crippen LogP contribution is 2.10. The summed E-state index contributed by atoms with van der Waals surface area (Å²) < 4.78 is 12.5. The summed E-state index contributed by atoms with van der Waals surface area (Å²) in [7, 11) is 0. The van der Waals surface area contributed by atoms with Crippen LogP contribution in [-0.4, -0.2) is 25.2 Å². The van der Waals surface area contributed by atoms with E-state index in [1.165, 1.54) is 4.09 Å². The molecule has 62 valence electrons. The molecule has 0 saturated carbocycles. The van der Waals surface area contributed by atoms with Crippen LogP contribution in [0.3, 0.4) is 0 Å². The molecule has 0 saturated heterocycles. The SMILES string of the molecule is C[S+]([O-])n1nnc2ccccc21. The molecule has 2 aromatic rings. The summed E-state index contributed by atoms with van der Waals surface area (Å²) in [5.74, 6) is 0. The minimum absolute atomic E-state index is 0.771. The quantitative estimate of drug-likeness (QED) is 0.604. The van der Waals surface area contributed by atoms with Crippen molar-refractivity contribution in [3.8, 4) is 0 Å². The zero-order valence-corrected chi connectivity index (χ0v) is 7.28. The first kappa shape index (κ1) is 7.57. The summed E-state index contributed by atoms with van der Waals surface area (Å²) in [6, 6.07) is 7.43. The van der Waals surface area contributed by atoms with E-state index in [2.05, 4.69) is 10.3 Å². The van der Waals surface area contributed by atoms with Crippen molar-refractivity contribution in [2.75, 3.05) is 6.26 Å². The Morgan fingerprint density at radius 2 is 2.17 bits per heavy atom. The van der Waals surface area contributed by atoms with Crippen molar-refractivity contribution in [2.24, 2.45) is 0 Å². The van der Waals surface area contributed by atoms with E-state index in [9.17, 15) is 4.55 Å². The Morgan fingerprint density at radius 1 is 1.42 bits per heavy atom. The molecule has 0 aliphatic carbocycles. The fourth-order valence-corrected chi connectivity index (χ4v) is 1.61. The van der Waals surface area contributed by atoms with Gasteiger partial charge in [-0.2, -0.15) is 0 Å². The molecule has 1 aromatic heterocycles. The smallest absolute Gasteiger partial charge is 0.141 e. The Balaban J connectivity index is 2.70. The Labute approximate surface area is 72.5 Å². The van der Waals surface area contributed by atoms with E-state index in [0.29, 0.717) is 0 Å². The monoisotopic (exact) mass is 181 g/mol. The normalized spacial score (nSPS) is 13.5. The van der Waals surface area contributed by atoms with Gasteiger partial charge in [0, 0.05) is 0 Å². The second kappa shape index (κ2) is 2.76. The number of para-hydroxylation sites is 1. The van der Waals surface area contributed by atoms with Crippen LogP contribution >= 0.6 is 0 Å². The first-order chi connectivity index (χ1) is 5.79. The van der Waals surface area contributed by atoms with E-state index < -0.39 is 11.4 Å². The largest absolute Gasteiger partial charge is 0.592 e. The Bertz CT molecular complexity index is 398. The fourth-order valence-electron chi connectivity index (χ4n) is 1.04. The molecule has 0 amide bonds. The Hall–Kier alpha value is -1.07. The molecule has 1 unspecified atom stereocenters. The molecule has 1 heterocycles. The number of benzene rings is 1. The molecule has 4 nitrogen and oxygen atoms in total. The predicted molar refractivity (Wildman–Crippen MR) is 47.0 cm³/mol. The van der Waals surface area contributed by atoms with Crippen molar-refractivity contribution in [3.63, 3.8) is 0 Å². The van der Waals surface area contributed by atoms with Crippen LogP contribution in [0.5, 0.6) is 0 Å². The van der Waals surface area contributed by atoms with Crippen LogP contribution in [0.15, 0.2) is 24.3 Å². The fraction of sp³-hybridized carbons (Fsp3) is 0.143. The maximum atomic E-state index is 11.1. The molecule has 0 bridgehead atoms. The number of rotatable bonds is 1. The van der Waals surface area contributed by atoms with E-state index in [4.69, 9.17) is 0 Å². The lowest BCUT2D eigenvalue weighted by Crippen LogP contribution is -2.11. The number of fused-ring (bicyclic) bond motifs is 1. The van der Waals surface area contributed by atoms with Gasteiger partial charge in [-0.05, 0) is 17.3 Å². The minimum Gasteiger partial charge on any atom is -0.592 e. The summed E-state index contributed by atoms with van der Waals surface area (Å²) in [6.07, 6.45) is 1.57. The first-order valence-electron chi connectivity index (χ1n) is 3.43. The molecule has 0 radical (unpaired) electrons. The average Bonchev–Trinajstić information content (AvgIpc) is 2.47. The van der Waals surface area contributed by atoms with Crippen molar-refractivity contribution in [2.45, 2.75) is 0 Å². The minimum atomic E-state index is -1.13. The van der Waals surface area contributed by atoms with Crippen LogP contribution < -0.4 is 0 Å². The van der Waals surface area contributed by atoms with Gasteiger partial charge in [0.1, 0.15) is 17.3 Å². The highest BCUT2D eigenvalue weighted by atomic mass is 32.2. The van der Waals surface area contributed by atoms with Gasteiger partial charge in [0.2, 0.25) is 0 Å². The Morgan fingerprint density at radius 3 is 2.92 bits per heavy atom. The third kappa shape index (κ3) is 1.07. The van der Waals surface area contributed by atoms with E-state index in [-0.39, 0.29) is 0 Å². The van der Waals surface area contributed by atoms with Crippen LogP contribution in [0.25, 0.3) is 11.0 Å². The maximum Gasteiger partial charge on any atom is 0.141 e. The van der Waals surface area contributed by atoms with Gasteiger partial charge in [-0.1, -0.05) is 16.2 Å². The van der Waals surface area contributed by atoms with Gasteiger partial charge < -0.3 is 4.55 Å². The molecule has 1 aromatic carbocycles. The number of hydrogen-bond acceptors (Lipinski definition) is 3. The van der Waals surface area contributed by atoms with Crippen molar-refractivity contribution >= 4 is 22.4 Å². The van der Waals surface area contributed by atoms with Gasteiger partial charge in [-0.15, -0.1) is 5.10 Å². The zero-order chi connectivity index (χ0) is 8.55. The predicted octanol–water partition coefficient (Wildman–Crippen LogP) is 0.573. The van der Waals surface area contributed by atoms with Crippen molar-refractivity contribution in [1.82, 2.24) is 14.4 Å². The summed E-state index contributed by atoms with van der Waals surface area (Å²) in [5, 5.41) is 7.62. The molecule has 5 heteroatoms. The van der Waals surface area contributed by atoms with Crippen molar-refractivity contribution in [1.29, 1.82) is 0 Å². The van der Waals surface area contributed by atoms with Gasteiger partial charge in [-0.3, -0.25) is 0 Å². The van der Waals surface area contributed by atoms with E-state index in [1.807, 2.05) is 24.3 Å². The van der Waals surface area contributed by atoms with Crippen molar-refractivity contribution < 1.29 is 4.55 Å². The molecule has 0 spiro atoms.